The highest BCUT2D eigenvalue weighted by Gasteiger charge is 2.01. The van der Waals surface area contributed by atoms with Crippen molar-refractivity contribution < 1.29 is 0 Å². The molecule has 0 amide bonds. The highest BCUT2D eigenvalue weighted by atomic mass is 14.9. The molecule has 14 heavy (non-hydrogen) atoms. The molecule has 0 saturated carbocycles. The Morgan fingerprint density at radius 1 is 1.14 bits per heavy atom. The first kappa shape index (κ1) is 7.38. The molecule has 0 aliphatic rings. The van der Waals surface area contributed by atoms with Crippen molar-refractivity contribution >= 4 is 27.5 Å². The van der Waals surface area contributed by atoms with Crippen molar-refractivity contribution in [1.82, 2.24) is 9.97 Å². The van der Waals surface area contributed by atoms with Crippen LogP contribution in [-0.2, 0) is 0 Å². The number of nitrogen functional groups attached to an aromatic ring is 1. The molecule has 68 valence electrons. The summed E-state index contributed by atoms with van der Waals surface area (Å²) in [5.74, 6) is 0. The Kier molecular flexibility index (Phi) is 1.31. The van der Waals surface area contributed by atoms with Crippen molar-refractivity contribution in [2.45, 2.75) is 0 Å². The normalized spacial score (nSPS) is 11.1. The van der Waals surface area contributed by atoms with Crippen LogP contribution in [-0.4, -0.2) is 9.97 Å². The number of hydrogen-bond acceptors (Lipinski definition) is 2. The summed E-state index contributed by atoms with van der Waals surface area (Å²) in [6.07, 6.45) is 1.71. The number of H-pyrrole nitrogens is 1. The minimum Gasteiger partial charge on any atom is -0.399 e. The molecule has 3 aromatic rings. The Morgan fingerprint density at radius 3 is 3.00 bits per heavy atom. The van der Waals surface area contributed by atoms with Crippen LogP contribution >= 0.6 is 0 Å². The van der Waals surface area contributed by atoms with E-state index < -0.39 is 0 Å². The molecule has 0 unspecified atom stereocenters. The van der Waals surface area contributed by atoms with Gasteiger partial charge in [-0.15, -0.1) is 0 Å². The molecule has 3 nitrogen and oxygen atoms in total. The van der Waals surface area contributed by atoms with Gasteiger partial charge in [0.15, 0.2) is 0 Å². The van der Waals surface area contributed by atoms with Gasteiger partial charge in [0, 0.05) is 11.1 Å². The number of nitrogens with zero attached hydrogens (tertiary/aromatic N) is 1. The second-order valence-electron chi connectivity index (χ2n) is 3.34. The van der Waals surface area contributed by atoms with Crippen molar-refractivity contribution in [3.63, 3.8) is 0 Å². The zero-order valence-corrected chi connectivity index (χ0v) is 7.49. The minimum atomic E-state index is 0.785. The Balaban J connectivity index is 2.57. The van der Waals surface area contributed by atoms with E-state index in [0.717, 1.165) is 27.5 Å². The van der Waals surface area contributed by atoms with Crippen LogP contribution in [0.3, 0.4) is 0 Å². The second kappa shape index (κ2) is 2.48. The predicted molar refractivity (Wildman–Crippen MR) is 58.0 cm³/mol. The van der Waals surface area contributed by atoms with Gasteiger partial charge in [0.2, 0.25) is 0 Å². The molecule has 0 fully saturated rings. The van der Waals surface area contributed by atoms with E-state index in [0.29, 0.717) is 0 Å². The summed E-state index contributed by atoms with van der Waals surface area (Å²) in [6, 6.07) is 9.93. The average molecular weight is 183 g/mol. The van der Waals surface area contributed by atoms with Gasteiger partial charge >= 0.3 is 0 Å². The predicted octanol–water partition coefficient (Wildman–Crippen LogP) is 2.30. The second-order valence-corrected chi connectivity index (χ2v) is 3.34. The zero-order valence-electron chi connectivity index (χ0n) is 7.49. The molecule has 0 spiro atoms. The summed E-state index contributed by atoms with van der Waals surface area (Å²) in [5, 5.41) is 2.27. The van der Waals surface area contributed by atoms with Gasteiger partial charge in [-0.25, -0.2) is 4.98 Å². The van der Waals surface area contributed by atoms with Gasteiger partial charge < -0.3 is 10.7 Å². The van der Waals surface area contributed by atoms with Crippen LogP contribution in [0, 0.1) is 0 Å². The molecule has 0 saturated heterocycles. The molecule has 0 atom stereocenters. The fourth-order valence-electron chi connectivity index (χ4n) is 1.75. The molecule has 3 rings (SSSR count). The van der Waals surface area contributed by atoms with Crippen molar-refractivity contribution in [2.24, 2.45) is 0 Å². The number of anilines is 1. The van der Waals surface area contributed by atoms with Crippen LogP contribution in [0.15, 0.2) is 36.7 Å². The lowest BCUT2D eigenvalue weighted by Gasteiger charge is -1.99. The fourth-order valence-corrected chi connectivity index (χ4v) is 1.75. The third kappa shape index (κ3) is 0.893. The van der Waals surface area contributed by atoms with Crippen LogP contribution in [0.1, 0.15) is 0 Å². The lowest BCUT2D eigenvalue weighted by atomic mass is 10.1. The first-order valence-corrected chi connectivity index (χ1v) is 4.46. The van der Waals surface area contributed by atoms with Crippen LogP contribution in [0.5, 0.6) is 0 Å². The van der Waals surface area contributed by atoms with Crippen LogP contribution in [0.4, 0.5) is 5.69 Å². The maximum atomic E-state index is 5.72. The van der Waals surface area contributed by atoms with Gasteiger partial charge in [-0.3, -0.25) is 0 Å². The fraction of sp³-hybridized carbons (Fsp3) is 0. The molecule has 0 aliphatic heterocycles. The molecule has 2 aromatic carbocycles. The number of benzene rings is 2. The first-order chi connectivity index (χ1) is 6.84. The topological polar surface area (TPSA) is 54.7 Å². The van der Waals surface area contributed by atoms with Gasteiger partial charge in [0.25, 0.3) is 0 Å². The zero-order chi connectivity index (χ0) is 9.54. The van der Waals surface area contributed by atoms with Gasteiger partial charge in [0.1, 0.15) is 0 Å². The van der Waals surface area contributed by atoms with E-state index in [2.05, 4.69) is 9.97 Å². The average Bonchev–Trinajstić information content (AvgIpc) is 2.65. The van der Waals surface area contributed by atoms with E-state index in [1.54, 1.807) is 6.33 Å². The molecule has 0 aliphatic carbocycles. The molecule has 1 heterocycles. The monoisotopic (exact) mass is 183 g/mol. The third-order valence-corrected chi connectivity index (χ3v) is 2.43. The first-order valence-electron chi connectivity index (χ1n) is 4.46. The largest absolute Gasteiger partial charge is 0.399 e. The van der Waals surface area contributed by atoms with E-state index >= 15 is 0 Å². The standard InChI is InChI=1S/C11H9N3/c12-8-2-3-9-7(5-8)1-4-10-11(9)14-6-13-10/h1-6H,12H2,(H,13,14). The number of nitrogens with two attached hydrogens (primary N) is 1. The van der Waals surface area contributed by atoms with Gasteiger partial charge in [-0.05, 0) is 23.6 Å². The van der Waals surface area contributed by atoms with E-state index in [1.807, 2.05) is 30.3 Å². The van der Waals surface area contributed by atoms with E-state index in [1.165, 1.54) is 0 Å². The quantitative estimate of drug-likeness (QED) is 0.525. The van der Waals surface area contributed by atoms with Crippen molar-refractivity contribution in [2.75, 3.05) is 5.73 Å². The summed E-state index contributed by atoms with van der Waals surface area (Å²) in [6.45, 7) is 0. The van der Waals surface area contributed by atoms with E-state index in [-0.39, 0.29) is 0 Å². The number of nitrogens with one attached hydrogen (secondary N) is 1. The van der Waals surface area contributed by atoms with Crippen LogP contribution in [0.25, 0.3) is 21.8 Å². The Hall–Kier alpha value is -2.03. The Morgan fingerprint density at radius 2 is 2.07 bits per heavy atom. The summed E-state index contributed by atoms with van der Waals surface area (Å²) in [7, 11) is 0. The molecular formula is C11H9N3. The summed E-state index contributed by atoms with van der Waals surface area (Å²) in [5.41, 5.74) is 8.56. The Labute approximate surface area is 80.6 Å². The van der Waals surface area contributed by atoms with Crippen molar-refractivity contribution in [3.8, 4) is 0 Å². The Bertz CT molecular complexity index is 610. The maximum Gasteiger partial charge on any atom is 0.0960 e. The molecule has 3 heteroatoms. The molecule has 0 radical (unpaired) electrons. The molecule has 3 N–H and O–H groups in total. The smallest absolute Gasteiger partial charge is 0.0960 e. The lowest BCUT2D eigenvalue weighted by molar-refractivity contribution is 1.35. The van der Waals surface area contributed by atoms with Gasteiger partial charge in [-0.2, -0.15) is 0 Å². The van der Waals surface area contributed by atoms with Crippen LogP contribution in [0.2, 0.25) is 0 Å². The number of hydrogen-bond donors (Lipinski definition) is 2. The number of rotatable bonds is 0. The van der Waals surface area contributed by atoms with Crippen LogP contribution < -0.4 is 5.73 Å². The molecule has 0 bridgehead atoms. The highest BCUT2D eigenvalue weighted by Crippen LogP contribution is 2.24. The van der Waals surface area contributed by atoms with E-state index in [9.17, 15) is 0 Å². The number of imidazole rings is 1. The van der Waals surface area contributed by atoms with Gasteiger partial charge in [0.05, 0.1) is 17.4 Å². The number of fused-ring (bicyclic) bond motifs is 3. The van der Waals surface area contributed by atoms with Crippen molar-refractivity contribution in [3.05, 3.63) is 36.7 Å². The van der Waals surface area contributed by atoms with Gasteiger partial charge in [-0.1, -0.05) is 12.1 Å². The maximum absolute atomic E-state index is 5.72. The number of aromatic amines is 1. The minimum absolute atomic E-state index is 0.785. The SMILES string of the molecule is Nc1ccc2c(ccc3[nH]cnc32)c1. The third-order valence-electron chi connectivity index (χ3n) is 2.43. The van der Waals surface area contributed by atoms with Crippen molar-refractivity contribution in [1.29, 1.82) is 0 Å². The summed E-state index contributed by atoms with van der Waals surface area (Å²) >= 11 is 0. The summed E-state index contributed by atoms with van der Waals surface area (Å²) < 4.78 is 0. The van der Waals surface area contributed by atoms with E-state index in [4.69, 9.17) is 5.73 Å². The lowest BCUT2D eigenvalue weighted by Crippen LogP contribution is -1.84. The summed E-state index contributed by atoms with van der Waals surface area (Å²) in [4.78, 5) is 7.36. The number of aromatic nitrogens is 2. The highest BCUT2D eigenvalue weighted by molar-refractivity contribution is 6.04. The molecular weight excluding hydrogens is 174 g/mol. The molecule has 1 aromatic heterocycles.